The molecule has 0 aliphatic rings. The van der Waals surface area contributed by atoms with Crippen LogP contribution in [0.2, 0.25) is 0 Å². The lowest BCUT2D eigenvalue weighted by molar-refractivity contribution is 0.0551. The van der Waals surface area contributed by atoms with Gasteiger partial charge in [0.2, 0.25) is 5.82 Å². The SMILES string of the molecule is CCN(c1c(NCc2ccc(-c3noc(C(F)(F)Cl)n3)cc2)c(=O)c1=O)C(C)(C)C. The number of halogens is 3. The fourth-order valence-corrected chi connectivity index (χ4v) is 3.26. The zero-order valence-electron chi connectivity index (χ0n) is 16.9. The van der Waals surface area contributed by atoms with E-state index in [4.69, 9.17) is 11.6 Å². The highest BCUT2D eigenvalue weighted by Crippen LogP contribution is 2.32. The van der Waals surface area contributed by atoms with Gasteiger partial charge in [-0.1, -0.05) is 29.4 Å². The summed E-state index contributed by atoms with van der Waals surface area (Å²) in [5.74, 6) is -0.991. The van der Waals surface area contributed by atoms with Gasteiger partial charge in [-0.2, -0.15) is 13.8 Å². The summed E-state index contributed by atoms with van der Waals surface area (Å²) in [6.07, 6.45) is 0. The maximum absolute atomic E-state index is 13.0. The molecular formula is C20H21ClF2N4O3. The third-order valence-electron chi connectivity index (χ3n) is 4.63. The Labute approximate surface area is 176 Å². The average Bonchev–Trinajstić information content (AvgIpc) is 3.17. The molecule has 0 amide bonds. The minimum absolute atomic E-state index is 0.0154. The molecule has 0 radical (unpaired) electrons. The molecule has 0 saturated heterocycles. The summed E-state index contributed by atoms with van der Waals surface area (Å²) in [6.45, 7) is 8.73. The third kappa shape index (κ3) is 4.21. The van der Waals surface area contributed by atoms with Gasteiger partial charge in [0.15, 0.2) is 0 Å². The lowest BCUT2D eigenvalue weighted by atomic mass is 10.0. The molecule has 0 unspecified atom stereocenters. The maximum atomic E-state index is 13.0. The van der Waals surface area contributed by atoms with E-state index in [0.717, 1.165) is 5.56 Å². The van der Waals surface area contributed by atoms with Crippen LogP contribution in [-0.4, -0.2) is 22.2 Å². The first kappa shape index (κ1) is 21.9. The molecular weight excluding hydrogens is 418 g/mol. The molecule has 0 aliphatic heterocycles. The molecule has 0 saturated carbocycles. The Morgan fingerprint density at radius 2 is 1.77 bits per heavy atom. The van der Waals surface area contributed by atoms with E-state index < -0.39 is 22.1 Å². The highest BCUT2D eigenvalue weighted by Gasteiger charge is 2.35. The van der Waals surface area contributed by atoms with Crippen molar-refractivity contribution in [3.63, 3.8) is 0 Å². The molecule has 30 heavy (non-hydrogen) atoms. The molecule has 0 aliphatic carbocycles. The van der Waals surface area contributed by atoms with Gasteiger partial charge in [0.25, 0.3) is 10.9 Å². The van der Waals surface area contributed by atoms with Gasteiger partial charge in [-0.15, -0.1) is 0 Å². The number of nitrogens with zero attached hydrogens (tertiary/aromatic N) is 3. The predicted molar refractivity (Wildman–Crippen MR) is 111 cm³/mol. The Morgan fingerprint density at radius 1 is 1.13 bits per heavy atom. The van der Waals surface area contributed by atoms with Crippen molar-refractivity contribution in [2.45, 2.75) is 45.2 Å². The highest BCUT2D eigenvalue weighted by molar-refractivity contribution is 6.21. The van der Waals surface area contributed by atoms with Crippen molar-refractivity contribution in [3.8, 4) is 11.4 Å². The number of alkyl halides is 3. The molecule has 1 heterocycles. The average molecular weight is 439 g/mol. The standard InChI is InChI=1S/C20H21ClF2N4O3/c1-5-27(19(2,3)4)14-13(15(28)16(14)29)24-10-11-6-8-12(9-7-11)17-25-18(30-26-17)20(21,22)23/h6-9,24H,5,10H2,1-4H3. The molecule has 7 nitrogen and oxygen atoms in total. The topological polar surface area (TPSA) is 88.3 Å². The van der Waals surface area contributed by atoms with E-state index in [-0.39, 0.29) is 11.4 Å². The van der Waals surface area contributed by atoms with Gasteiger partial charge in [0, 0.05) is 24.2 Å². The predicted octanol–water partition coefficient (Wildman–Crippen LogP) is 3.86. The first-order valence-corrected chi connectivity index (χ1v) is 9.66. The van der Waals surface area contributed by atoms with Crippen molar-refractivity contribution >= 4 is 23.0 Å². The largest absolute Gasteiger partial charge is 0.400 e. The molecule has 3 aromatic rings. The van der Waals surface area contributed by atoms with E-state index in [2.05, 4.69) is 20.0 Å². The van der Waals surface area contributed by atoms with Crippen LogP contribution in [0.3, 0.4) is 0 Å². The second-order valence-electron chi connectivity index (χ2n) is 7.77. The van der Waals surface area contributed by atoms with Crippen molar-refractivity contribution in [1.82, 2.24) is 10.1 Å². The number of benzene rings is 1. The van der Waals surface area contributed by atoms with E-state index in [1.165, 1.54) is 0 Å². The molecule has 2 aromatic carbocycles. The van der Waals surface area contributed by atoms with Crippen LogP contribution in [0.4, 0.5) is 20.2 Å². The Balaban J connectivity index is 1.74. The van der Waals surface area contributed by atoms with Crippen molar-refractivity contribution in [1.29, 1.82) is 0 Å². The van der Waals surface area contributed by atoms with Crippen LogP contribution in [0.1, 0.15) is 39.1 Å². The van der Waals surface area contributed by atoms with Crippen LogP contribution in [-0.2, 0) is 11.9 Å². The van der Waals surface area contributed by atoms with E-state index >= 15 is 0 Å². The van der Waals surface area contributed by atoms with Crippen molar-refractivity contribution in [3.05, 3.63) is 56.2 Å². The lowest BCUT2D eigenvalue weighted by Gasteiger charge is -2.38. The summed E-state index contributed by atoms with van der Waals surface area (Å²) in [4.78, 5) is 29.7. The van der Waals surface area contributed by atoms with E-state index in [9.17, 15) is 18.4 Å². The van der Waals surface area contributed by atoms with Crippen molar-refractivity contribution in [2.24, 2.45) is 0 Å². The van der Waals surface area contributed by atoms with Crippen LogP contribution in [0.15, 0.2) is 38.4 Å². The van der Waals surface area contributed by atoms with Crippen LogP contribution in [0.5, 0.6) is 0 Å². The minimum atomic E-state index is -3.73. The Morgan fingerprint density at radius 3 is 2.27 bits per heavy atom. The normalized spacial score (nSPS) is 12.4. The van der Waals surface area contributed by atoms with E-state index in [0.29, 0.717) is 30.0 Å². The summed E-state index contributed by atoms with van der Waals surface area (Å²) < 4.78 is 30.5. The second kappa shape index (κ2) is 7.79. The molecule has 1 N–H and O–H groups in total. The van der Waals surface area contributed by atoms with Crippen LogP contribution >= 0.6 is 11.6 Å². The number of hydrogen-bond acceptors (Lipinski definition) is 7. The van der Waals surface area contributed by atoms with Gasteiger partial charge < -0.3 is 14.7 Å². The molecule has 0 spiro atoms. The van der Waals surface area contributed by atoms with Gasteiger partial charge in [-0.05, 0) is 44.9 Å². The smallest absolute Gasteiger partial charge is 0.376 e. The van der Waals surface area contributed by atoms with E-state index in [1.807, 2.05) is 32.6 Å². The number of nitrogens with one attached hydrogen (secondary N) is 1. The van der Waals surface area contributed by atoms with Crippen LogP contribution < -0.4 is 21.1 Å². The first-order chi connectivity index (χ1) is 13.9. The molecule has 1 aromatic heterocycles. The zero-order valence-corrected chi connectivity index (χ0v) is 17.7. The fourth-order valence-electron chi connectivity index (χ4n) is 3.19. The van der Waals surface area contributed by atoms with E-state index in [1.54, 1.807) is 24.3 Å². The zero-order chi connectivity index (χ0) is 22.3. The first-order valence-electron chi connectivity index (χ1n) is 9.28. The molecule has 0 bridgehead atoms. The number of hydrogen-bond donors (Lipinski definition) is 1. The number of aromatic nitrogens is 2. The number of anilines is 2. The minimum Gasteiger partial charge on any atom is -0.376 e. The van der Waals surface area contributed by atoms with Crippen molar-refractivity contribution < 1.29 is 13.3 Å². The quantitative estimate of drug-likeness (QED) is 0.442. The Hall–Kier alpha value is -2.81. The summed E-state index contributed by atoms with van der Waals surface area (Å²) >= 11 is 4.87. The maximum Gasteiger partial charge on any atom is 0.400 e. The van der Waals surface area contributed by atoms with Crippen LogP contribution in [0, 0.1) is 0 Å². The van der Waals surface area contributed by atoms with Crippen molar-refractivity contribution in [2.75, 3.05) is 16.8 Å². The molecule has 0 atom stereocenters. The molecule has 160 valence electrons. The van der Waals surface area contributed by atoms with Gasteiger partial charge in [0.1, 0.15) is 11.4 Å². The molecule has 10 heteroatoms. The lowest BCUT2D eigenvalue weighted by Crippen LogP contribution is -2.50. The summed E-state index contributed by atoms with van der Waals surface area (Å²) in [7, 11) is 0. The Kier molecular flexibility index (Phi) is 5.68. The van der Waals surface area contributed by atoms with Gasteiger partial charge in [0.05, 0.1) is 0 Å². The fraction of sp³-hybridized carbons (Fsp3) is 0.400. The second-order valence-corrected chi connectivity index (χ2v) is 8.24. The highest BCUT2D eigenvalue weighted by atomic mass is 35.5. The summed E-state index contributed by atoms with van der Waals surface area (Å²) in [5, 5.41) is 2.81. The monoisotopic (exact) mass is 438 g/mol. The number of rotatable bonds is 7. The third-order valence-corrected chi connectivity index (χ3v) is 4.79. The molecule has 0 fully saturated rings. The van der Waals surface area contributed by atoms with Crippen LogP contribution in [0.25, 0.3) is 11.4 Å². The summed E-state index contributed by atoms with van der Waals surface area (Å²) in [5.41, 5.74) is 0.635. The summed E-state index contributed by atoms with van der Waals surface area (Å²) in [6, 6.07) is 6.72. The van der Waals surface area contributed by atoms with Gasteiger partial charge in [-0.25, -0.2) is 0 Å². The molecule has 3 rings (SSSR count). The van der Waals surface area contributed by atoms with Gasteiger partial charge in [-0.3, -0.25) is 9.59 Å². The Bertz CT molecular complexity index is 1110. The van der Waals surface area contributed by atoms with Gasteiger partial charge >= 0.3 is 11.3 Å².